The molecule has 1 aromatic rings. The first-order valence-corrected chi connectivity index (χ1v) is 6.44. The van der Waals surface area contributed by atoms with E-state index in [1.165, 1.54) is 6.42 Å². The third kappa shape index (κ3) is 3.05. The van der Waals surface area contributed by atoms with Crippen LogP contribution >= 0.6 is 0 Å². The van der Waals surface area contributed by atoms with Crippen LogP contribution in [-0.4, -0.2) is 29.5 Å². The topological polar surface area (TPSA) is 42.2 Å². The summed E-state index contributed by atoms with van der Waals surface area (Å²) in [7, 11) is 0. The molecule has 0 aromatic carbocycles. The summed E-state index contributed by atoms with van der Waals surface area (Å²) in [6.07, 6.45) is 3.09. The minimum atomic E-state index is 0.384. The Morgan fingerprint density at radius 1 is 1.47 bits per heavy atom. The molecule has 3 heteroatoms. The zero-order valence-electron chi connectivity index (χ0n) is 10.9. The SMILES string of the molecule is CC1(C)CCN(Cc2ccccn2)CC1CN. The van der Waals surface area contributed by atoms with Crippen LogP contribution in [0.15, 0.2) is 24.4 Å². The highest BCUT2D eigenvalue weighted by Crippen LogP contribution is 2.35. The predicted molar refractivity (Wildman–Crippen MR) is 70.5 cm³/mol. The van der Waals surface area contributed by atoms with Crippen LogP contribution in [0.5, 0.6) is 0 Å². The molecule has 2 heterocycles. The van der Waals surface area contributed by atoms with Crippen molar-refractivity contribution < 1.29 is 0 Å². The fourth-order valence-electron chi connectivity index (χ4n) is 2.56. The minimum Gasteiger partial charge on any atom is -0.330 e. The predicted octanol–water partition coefficient (Wildman–Crippen LogP) is 1.89. The van der Waals surface area contributed by atoms with Gasteiger partial charge >= 0.3 is 0 Å². The lowest BCUT2D eigenvalue weighted by Crippen LogP contribution is -2.47. The van der Waals surface area contributed by atoms with Gasteiger partial charge in [-0.1, -0.05) is 19.9 Å². The Hall–Kier alpha value is -0.930. The van der Waals surface area contributed by atoms with E-state index in [0.717, 1.165) is 31.9 Å². The Kier molecular flexibility index (Phi) is 3.79. The van der Waals surface area contributed by atoms with Crippen molar-refractivity contribution in [2.45, 2.75) is 26.8 Å². The second-order valence-electron chi connectivity index (χ2n) is 5.73. The van der Waals surface area contributed by atoms with Gasteiger partial charge in [0.15, 0.2) is 0 Å². The van der Waals surface area contributed by atoms with E-state index in [9.17, 15) is 0 Å². The maximum absolute atomic E-state index is 5.89. The van der Waals surface area contributed by atoms with E-state index in [2.05, 4.69) is 35.9 Å². The molecule has 1 fully saturated rings. The summed E-state index contributed by atoms with van der Waals surface area (Å²) in [4.78, 5) is 6.86. The van der Waals surface area contributed by atoms with Crippen LogP contribution in [-0.2, 0) is 6.54 Å². The number of rotatable bonds is 3. The van der Waals surface area contributed by atoms with Crippen molar-refractivity contribution in [2.24, 2.45) is 17.1 Å². The maximum atomic E-state index is 5.89. The summed E-state index contributed by atoms with van der Waals surface area (Å²) >= 11 is 0. The molecule has 1 unspecified atom stereocenters. The van der Waals surface area contributed by atoms with Gasteiger partial charge in [0.25, 0.3) is 0 Å². The average molecular weight is 233 g/mol. The largest absolute Gasteiger partial charge is 0.330 e. The molecule has 1 aliphatic heterocycles. The van der Waals surface area contributed by atoms with Gasteiger partial charge in [-0.2, -0.15) is 0 Å². The molecule has 17 heavy (non-hydrogen) atoms. The summed E-state index contributed by atoms with van der Waals surface area (Å²) in [6, 6.07) is 6.11. The molecule has 0 amide bonds. The molecule has 1 saturated heterocycles. The lowest BCUT2D eigenvalue weighted by molar-refractivity contribution is 0.0598. The Bertz CT molecular complexity index is 348. The smallest absolute Gasteiger partial charge is 0.0543 e. The van der Waals surface area contributed by atoms with Crippen molar-refractivity contribution in [2.75, 3.05) is 19.6 Å². The van der Waals surface area contributed by atoms with Crippen molar-refractivity contribution in [3.05, 3.63) is 30.1 Å². The Morgan fingerprint density at radius 3 is 2.94 bits per heavy atom. The van der Waals surface area contributed by atoms with E-state index < -0.39 is 0 Å². The van der Waals surface area contributed by atoms with Gasteiger partial charge in [-0.3, -0.25) is 9.88 Å². The van der Waals surface area contributed by atoms with Gasteiger partial charge in [-0.05, 0) is 43.0 Å². The molecular weight excluding hydrogens is 210 g/mol. The monoisotopic (exact) mass is 233 g/mol. The number of pyridine rings is 1. The van der Waals surface area contributed by atoms with Crippen LogP contribution in [0.4, 0.5) is 0 Å². The van der Waals surface area contributed by atoms with Gasteiger partial charge in [0.1, 0.15) is 0 Å². The van der Waals surface area contributed by atoms with E-state index in [-0.39, 0.29) is 0 Å². The molecule has 0 aliphatic carbocycles. The molecular formula is C14H23N3. The fraction of sp³-hybridized carbons (Fsp3) is 0.643. The number of hydrogen-bond donors (Lipinski definition) is 1. The summed E-state index contributed by atoms with van der Waals surface area (Å²) in [6.45, 7) is 8.66. The van der Waals surface area contributed by atoms with Gasteiger partial charge < -0.3 is 5.73 Å². The normalized spacial score (nSPS) is 24.8. The molecule has 94 valence electrons. The van der Waals surface area contributed by atoms with E-state index in [1.807, 2.05) is 12.3 Å². The lowest BCUT2D eigenvalue weighted by Gasteiger charge is -2.43. The number of piperidine rings is 1. The van der Waals surface area contributed by atoms with E-state index in [1.54, 1.807) is 0 Å². The van der Waals surface area contributed by atoms with Gasteiger partial charge in [-0.25, -0.2) is 0 Å². The van der Waals surface area contributed by atoms with Crippen molar-refractivity contribution in [3.63, 3.8) is 0 Å². The maximum Gasteiger partial charge on any atom is 0.0543 e. The first-order chi connectivity index (χ1) is 8.12. The second-order valence-corrected chi connectivity index (χ2v) is 5.73. The van der Waals surface area contributed by atoms with Crippen LogP contribution in [0, 0.1) is 11.3 Å². The number of hydrogen-bond acceptors (Lipinski definition) is 3. The standard InChI is InChI=1S/C14H23N3/c1-14(2)6-8-17(10-12(14)9-15)11-13-5-3-4-7-16-13/h3-5,7,12H,6,8-11,15H2,1-2H3. The zero-order chi connectivity index (χ0) is 12.3. The summed E-state index contributed by atoms with van der Waals surface area (Å²) in [5.74, 6) is 0.597. The summed E-state index contributed by atoms with van der Waals surface area (Å²) in [5, 5.41) is 0. The first kappa shape index (κ1) is 12.5. The van der Waals surface area contributed by atoms with Gasteiger partial charge in [-0.15, -0.1) is 0 Å². The lowest BCUT2D eigenvalue weighted by atomic mass is 9.73. The number of nitrogens with two attached hydrogens (primary N) is 1. The van der Waals surface area contributed by atoms with Gasteiger partial charge in [0.05, 0.1) is 5.69 Å². The molecule has 1 aliphatic rings. The van der Waals surface area contributed by atoms with Crippen LogP contribution < -0.4 is 5.73 Å². The molecule has 2 rings (SSSR count). The molecule has 0 spiro atoms. The summed E-state index contributed by atoms with van der Waals surface area (Å²) < 4.78 is 0. The Labute approximate surface area is 104 Å². The van der Waals surface area contributed by atoms with Crippen molar-refractivity contribution >= 4 is 0 Å². The van der Waals surface area contributed by atoms with E-state index >= 15 is 0 Å². The minimum absolute atomic E-state index is 0.384. The highest BCUT2D eigenvalue weighted by Gasteiger charge is 2.34. The first-order valence-electron chi connectivity index (χ1n) is 6.44. The quantitative estimate of drug-likeness (QED) is 0.867. The molecule has 0 radical (unpaired) electrons. The molecule has 1 aromatic heterocycles. The van der Waals surface area contributed by atoms with Crippen LogP contribution in [0.3, 0.4) is 0 Å². The average Bonchev–Trinajstić information content (AvgIpc) is 2.33. The van der Waals surface area contributed by atoms with Crippen LogP contribution in [0.2, 0.25) is 0 Å². The van der Waals surface area contributed by atoms with Crippen molar-refractivity contribution in [1.82, 2.24) is 9.88 Å². The molecule has 0 bridgehead atoms. The van der Waals surface area contributed by atoms with E-state index in [4.69, 9.17) is 5.73 Å². The highest BCUT2D eigenvalue weighted by molar-refractivity contribution is 5.03. The summed E-state index contributed by atoms with van der Waals surface area (Å²) in [5.41, 5.74) is 7.43. The third-order valence-electron chi connectivity index (χ3n) is 4.05. The number of aromatic nitrogens is 1. The fourth-order valence-corrected chi connectivity index (χ4v) is 2.56. The zero-order valence-corrected chi connectivity index (χ0v) is 10.9. The molecule has 0 saturated carbocycles. The number of nitrogens with zero attached hydrogens (tertiary/aromatic N) is 2. The third-order valence-corrected chi connectivity index (χ3v) is 4.05. The van der Waals surface area contributed by atoms with Gasteiger partial charge in [0, 0.05) is 19.3 Å². The molecule has 2 N–H and O–H groups in total. The van der Waals surface area contributed by atoms with Crippen molar-refractivity contribution in [3.8, 4) is 0 Å². The second kappa shape index (κ2) is 5.15. The Morgan fingerprint density at radius 2 is 2.29 bits per heavy atom. The highest BCUT2D eigenvalue weighted by atomic mass is 15.1. The van der Waals surface area contributed by atoms with Gasteiger partial charge in [0.2, 0.25) is 0 Å². The van der Waals surface area contributed by atoms with Crippen LogP contribution in [0.1, 0.15) is 26.0 Å². The van der Waals surface area contributed by atoms with Crippen molar-refractivity contribution in [1.29, 1.82) is 0 Å². The molecule has 3 nitrogen and oxygen atoms in total. The molecule has 1 atom stereocenters. The van der Waals surface area contributed by atoms with E-state index in [0.29, 0.717) is 11.3 Å². The van der Waals surface area contributed by atoms with Crippen LogP contribution in [0.25, 0.3) is 0 Å². The Balaban J connectivity index is 1.96. The number of likely N-dealkylation sites (tertiary alicyclic amines) is 1.